The Labute approximate surface area is 124 Å². The number of hydrogen-bond acceptors (Lipinski definition) is 4. The Morgan fingerprint density at radius 2 is 2.19 bits per heavy atom. The molecular formula is C17H20N2O2. The normalized spacial score (nSPS) is 25.3. The van der Waals surface area contributed by atoms with Gasteiger partial charge >= 0.3 is 0 Å². The van der Waals surface area contributed by atoms with E-state index in [4.69, 9.17) is 9.72 Å². The van der Waals surface area contributed by atoms with Gasteiger partial charge in [0.15, 0.2) is 0 Å². The minimum absolute atomic E-state index is 0.0737. The lowest BCUT2D eigenvalue weighted by atomic mass is 9.95. The van der Waals surface area contributed by atoms with E-state index in [2.05, 4.69) is 17.0 Å². The summed E-state index contributed by atoms with van der Waals surface area (Å²) < 4.78 is 5.65. The lowest BCUT2D eigenvalue weighted by molar-refractivity contribution is 0.178. The zero-order valence-electron chi connectivity index (χ0n) is 12.1. The summed E-state index contributed by atoms with van der Waals surface area (Å²) in [4.78, 5) is 7.28. The van der Waals surface area contributed by atoms with E-state index >= 15 is 0 Å². The number of anilines is 1. The van der Waals surface area contributed by atoms with Crippen molar-refractivity contribution in [3.05, 3.63) is 35.9 Å². The van der Waals surface area contributed by atoms with Crippen molar-refractivity contribution in [1.29, 1.82) is 0 Å². The second-order valence-electron chi connectivity index (χ2n) is 6.14. The maximum absolute atomic E-state index is 9.22. The smallest absolute Gasteiger partial charge is 0.129 e. The largest absolute Gasteiger partial charge is 0.392 e. The first-order valence-corrected chi connectivity index (χ1v) is 7.67. The van der Waals surface area contributed by atoms with Gasteiger partial charge in [-0.3, -0.25) is 0 Å². The molecule has 4 nitrogen and oxygen atoms in total. The van der Waals surface area contributed by atoms with Crippen molar-refractivity contribution < 1.29 is 9.84 Å². The minimum atomic E-state index is 0.0737. The van der Waals surface area contributed by atoms with E-state index in [1.54, 1.807) is 0 Å². The van der Waals surface area contributed by atoms with Crippen molar-refractivity contribution in [1.82, 2.24) is 4.98 Å². The van der Waals surface area contributed by atoms with Crippen LogP contribution in [0.3, 0.4) is 0 Å². The fourth-order valence-corrected chi connectivity index (χ4v) is 3.72. The summed E-state index contributed by atoms with van der Waals surface area (Å²) in [6, 6.07) is 10.2. The number of aliphatic hydroxyl groups excluding tert-OH is 1. The van der Waals surface area contributed by atoms with E-state index < -0.39 is 0 Å². The van der Waals surface area contributed by atoms with Crippen molar-refractivity contribution in [3.8, 4) is 0 Å². The summed E-state index contributed by atoms with van der Waals surface area (Å²) in [6.45, 7) is 2.83. The zero-order valence-corrected chi connectivity index (χ0v) is 12.1. The van der Waals surface area contributed by atoms with Gasteiger partial charge in [0.2, 0.25) is 0 Å². The summed E-state index contributed by atoms with van der Waals surface area (Å²) in [6.07, 6.45) is 3.53. The number of hydrogen-bond donors (Lipinski definition) is 1. The van der Waals surface area contributed by atoms with Crippen LogP contribution in [0.15, 0.2) is 30.3 Å². The molecule has 2 aliphatic rings. The highest BCUT2D eigenvalue weighted by Gasteiger charge is 2.44. The van der Waals surface area contributed by atoms with Gasteiger partial charge in [0.05, 0.1) is 24.3 Å². The number of benzene rings is 1. The van der Waals surface area contributed by atoms with Crippen LogP contribution < -0.4 is 4.90 Å². The third kappa shape index (κ3) is 2.10. The molecule has 0 saturated carbocycles. The average Bonchev–Trinajstić information content (AvgIpc) is 3.17. The van der Waals surface area contributed by atoms with E-state index in [1.165, 1.54) is 12.8 Å². The van der Waals surface area contributed by atoms with Crippen LogP contribution in [0, 0.1) is 0 Å². The molecule has 0 radical (unpaired) electrons. The molecule has 0 amide bonds. The average molecular weight is 284 g/mol. The lowest BCUT2D eigenvalue weighted by Crippen LogP contribution is -2.45. The van der Waals surface area contributed by atoms with Crippen LogP contribution in [0.1, 0.15) is 24.8 Å². The van der Waals surface area contributed by atoms with Crippen LogP contribution in [0.25, 0.3) is 10.9 Å². The molecule has 4 heteroatoms. The van der Waals surface area contributed by atoms with E-state index in [1.807, 2.05) is 18.2 Å². The molecule has 110 valence electrons. The molecule has 1 unspecified atom stereocenters. The summed E-state index contributed by atoms with van der Waals surface area (Å²) in [5.41, 5.74) is 2.09. The number of ether oxygens (including phenoxy) is 1. The Morgan fingerprint density at radius 1 is 1.24 bits per heavy atom. The molecule has 1 atom stereocenters. The Morgan fingerprint density at radius 3 is 3.00 bits per heavy atom. The van der Waals surface area contributed by atoms with Crippen LogP contribution in [0.2, 0.25) is 0 Å². The van der Waals surface area contributed by atoms with Crippen LogP contribution >= 0.6 is 0 Å². The molecule has 1 N–H and O–H groups in total. The van der Waals surface area contributed by atoms with Gasteiger partial charge in [-0.05, 0) is 49.1 Å². The van der Waals surface area contributed by atoms with Crippen LogP contribution in [0.4, 0.5) is 5.82 Å². The monoisotopic (exact) mass is 284 g/mol. The topological polar surface area (TPSA) is 45.6 Å². The Bertz CT molecular complexity index is 659. The number of aromatic nitrogens is 1. The lowest BCUT2D eigenvalue weighted by Gasteiger charge is -2.34. The summed E-state index contributed by atoms with van der Waals surface area (Å²) >= 11 is 0. The Hall–Kier alpha value is -1.65. The third-order valence-electron chi connectivity index (χ3n) is 4.88. The standard InChI is InChI=1S/C17H20N2O2/c20-11-13-2-4-15-14(10-13)3-5-16(18-15)19-8-1-6-17(19)7-9-21-12-17/h2-5,10,20H,1,6-9,11-12H2. The molecule has 21 heavy (non-hydrogen) atoms. The number of aliphatic hydroxyl groups is 1. The van der Waals surface area contributed by atoms with E-state index in [0.29, 0.717) is 0 Å². The van der Waals surface area contributed by atoms with Crippen LogP contribution in [-0.2, 0) is 11.3 Å². The highest BCUT2D eigenvalue weighted by atomic mass is 16.5. The van der Waals surface area contributed by atoms with Gasteiger partial charge < -0.3 is 14.7 Å². The summed E-state index contributed by atoms with van der Waals surface area (Å²) in [5.74, 6) is 1.06. The van der Waals surface area contributed by atoms with Gasteiger partial charge in [-0.1, -0.05) is 6.07 Å². The first kappa shape index (κ1) is 13.0. The highest BCUT2D eigenvalue weighted by molar-refractivity contribution is 5.81. The maximum atomic E-state index is 9.22. The second-order valence-corrected chi connectivity index (χ2v) is 6.14. The first-order chi connectivity index (χ1) is 10.3. The number of rotatable bonds is 2. The molecule has 2 fully saturated rings. The number of fused-ring (bicyclic) bond motifs is 1. The third-order valence-corrected chi connectivity index (χ3v) is 4.88. The molecule has 2 aliphatic heterocycles. The summed E-state index contributed by atoms with van der Waals surface area (Å²) in [5, 5.41) is 10.3. The molecule has 0 bridgehead atoms. The van der Waals surface area contributed by atoms with E-state index in [0.717, 1.165) is 48.5 Å². The van der Waals surface area contributed by atoms with Gasteiger partial charge in [-0.15, -0.1) is 0 Å². The predicted octanol–water partition coefficient (Wildman–Crippen LogP) is 2.49. The van der Waals surface area contributed by atoms with Crippen molar-refractivity contribution in [2.24, 2.45) is 0 Å². The van der Waals surface area contributed by atoms with Crippen LogP contribution in [-0.4, -0.2) is 35.4 Å². The molecule has 1 aromatic carbocycles. The minimum Gasteiger partial charge on any atom is -0.392 e. The van der Waals surface area contributed by atoms with Gasteiger partial charge in [-0.25, -0.2) is 4.98 Å². The maximum Gasteiger partial charge on any atom is 0.129 e. The summed E-state index contributed by atoms with van der Waals surface area (Å²) in [7, 11) is 0. The van der Waals surface area contributed by atoms with Gasteiger partial charge in [0.1, 0.15) is 5.82 Å². The SMILES string of the molecule is OCc1ccc2nc(N3CCCC34CCOC4)ccc2c1. The fourth-order valence-electron chi connectivity index (χ4n) is 3.72. The van der Waals surface area contributed by atoms with Crippen LogP contribution in [0.5, 0.6) is 0 Å². The molecule has 1 spiro atoms. The zero-order chi connectivity index (χ0) is 14.3. The second kappa shape index (κ2) is 4.97. The highest BCUT2D eigenvalue weighted by Crippen LogP contribution is 2.39. The van der Waals surface area contributed by atoms with Gasteiger partial charge in [0.25, 0.3) is 0 Å². The van der Waals surface area contributed by atoms with Crippen molar-refractivity contribution >= 4 is 16.7 Å². The molecule has 2 aromatic rings. The van der Waals surface area contributed by atoms with E-state index in [-0.39, 0.29) is 12.1 Å². The van der Waals surface area contributed by atoms with Gasteiger partial charge in [0, 0.05) is 18.5 Å². The molecule has 2 saturated heterocycles. The number of nitrogens with zero attached hydrogens (tertiary/aromatic N) is 2. The van der Waals surface area contributed by atoms with Crippen molar-refractivity contribution in [3.63, 3.8) is 0 Å². The van der Waals surface area contributed by atoms with Crippen molar-refractivity contribution in [2.75, 3.05) is 24.7 Å². The fraction of sp³-hybridized carbons (Fsp3) is 0.471. The molecule has 4 rings (SSSR count). The first-order valence-electron chi connectivity index (χ1n) is 7.67. The quantitative estimate of drug-likeness (QED) is 0.920. The molecule has 0 aliphatic carbocycles. The predicted molar refractivity (Wildman–Crippen MR) is 82.4 cm³/mol. The Kier molecular flexibility index (Phi) is 3.08. The van der Waals surface area contributed by atoms with Crippen molar-refractivity contribution in [2.45, 2.75) is 31.4 Å². The number of pyridine rings is 1. The molecule has 1 aromatic heterocycles. The molecule has 3 heterocycles. The van der Waals surface area contributed by atoms with Gasteiger partial charge in [-0.2, -0.15) is 0 Å². The van der Waals surface area contributed by atoms with E-state index in [9.17, 15) is 5.11 Å². The molecular weight excluding hydrogens is 264 g/mol. The Balaban J connectivity index is 1.73.